The van der Waals surface area contributed by atoms with E-state index in [-0.39, 0.29) is 23.1 Å². The van der Waals surface area contributed by atoms with Gasteiger partial charge in [0.1, 0.15) is 0 Å². The zero-order valence-electron chi connectivity index (χ0n) is 17.3. The van der Waals surface area contributed by atoms with Gasteiger partial charge in [-0.15, -0.1) is 0 Å². The molecule has 0 aromatic heterocycles. The van der Waals surface area contributed by atoms with Crippen molar-refractivity contribution in [1.29, 1.82) is 0 Å². The average Bonchev–Trinajstić information content (AvgIpc) is 2.95. The van der Waals surface area contributed by atoms with Gasteiger partial charge >= 0.3 is 0 Å². The van der Waals surface area contributed by atoms with E-state index >= 15 is 0 Å². The van der Waals surface area contributed by atoms with Gasteiger partial charge in [-0.25, -0.2) is 0 Å². The van der Waals surface area contributed by atoms with Crippen LogP contribution in [0.3, 0.4) is 0 Å². The monoisotopic (exact) mass is 399 g/mol. The Morgan fingerprint density at radius 3 is 2.24 bits per heavy atom. The SMILES string of the molecule is COc1cc2c(c(OC)c1OC)-c1cc(=O)c(OC)ccc1[C@@H](NC(C)=O)CC2. The molecule has 0 fully saturated rings. The van der Waals surface area contributed by atoms with E-state index in [9.17, 15) is 9.59 Å². The van der Waals surface area contributed by atoms with Crippen LogP contribution in [0.4, 0.5) is 0 Å². The predicted octanol–water partition coefficient (Wildman–Crippen LogP) is 2.87. The van der Waals surface area contributed by atoms with Gasteiger partial charge in [-0.1, -0.05) is 6.07 Å². The molecule has 0 spiro atoms. The van der Waals surface area contributed by atoms with Crippen molar-refractivity contribution in [2.75, 3.05) is 28.4 Å². The maximum atomic E-state index is 12.7. The van der Waals surface area contributed by atoms with Crippen LogP contribution in [0.5, 0.6) is 23.0 Å². The van der Waals surface area contributed by atoms with Gasteiger partial charge in [0.2, 0.25) is 17.1 Å². The summed E-state index contributed by atoms with van der Waals surface area (Å²) >= 11 is 0. The standard InChI is InChI=1S/C22H25NO6/c1-12(24)23-16-8-6-13-10-19(27-3)21(28-4)22(29-5)20(13)15-11-17(25)18(26-2)9-7-14(15)16/h7,9-11,16H,6,8H2,1-5H3,(H,23,24)/t16-/m0/s1. The van der Waals surface area contributed by atoms with Crippen LogP contribution in [0.15, 0.2) is 29.1 Å². The fourth-order valence-corrected chi connectivity index (χ4v) is 3.86. The van der Waals surface area contributed by atoms with E-state index in [4.69, 9.17) is 18.9 Å². The van der Waals surface area contributed by atoms with Crippen molar-refractivity contribution in [3.63, 3.8) is 0 Å². The third kappa shape index (κ3) is 3.72. The number of methoxy groups -OCH3 is 4. The van der Waals surface area contributed by atoms with Crippen LogP contribution in [-0.2, 0) is 11.2 Å². The number of carbonyl (C=O) groups excluding carboxylic acids is 1. The van der Waals surface area contributed by atoms with Crippen molar-refractivity contribution < 1.29 is 23.7 Å². The van der Waals surface area contributed by atoms with Crippen molar-refractivity contribution in [2.24, 2.45) is 0 Å². The van der Waals surface area contributed by atoms with Gasteiger partial charge in [0.05, 0.1) is 34.5 Å². The number of hydrogen-bond donors (Lipinski definition) is 1. The van der Waals surface area contributed by atoms with Gasteiger partial charge in [-0.2, -0.15) is 0 Å². The molecule has 1 aliphatic rings. The molecule has 2 aromatic rings. The minimum absolute atomic E-state index is 0.144. The minimum atomic E-state index is -0.270. The Hall–Kier alpha value is -3.22. The zero-order chi connectivity index (χ0) is 21.1. The second kappa shape index (κ2) is 8.43. The van der Waals surface area contributed by atoms with Crippen LogP contribution in [0, 0.1) is 0 Å². The fraction of sp³-hybridized carbons (Fsp3) is 0.364. The Bertz CT molecular complexity index is 1000. The highest BCUT2D eigenvalue weighted by Crippen LogP contribution is 2.50. The molecule has 1 aliphatic carbocycles. The van der Waals surface area contributed by atoms with Gasteiger partial charge in [0.15, 0.2) is 17.2 Å². The lowest BCUT2D eigenvalue weighted by Gasteiger charge is -2.19. The molecule has 1 amide bonds. The van der Waals surface area contributed by atoms with E-state index < -0.39 is 0 Å². The van der Waals surface area contributed by atoms with E-state index in [2.05, 4.69) is 5.32 Å². The summed E-state index contributed by atoms with van der Waals surface area (Å²) in [5, 5.41) is 2.99. The second-order valence-corrected chi connectivity index (χ2v) is 6.75. The van der Waals surface area contributed by atoms with E-state index in [0.29, 0.717) is 35.7 Å². The summed E-state index contributed by atoms with van der Waals surface area (Å²) in [5.74, 6) is 1.55. The maximum absolute atomic E-state index is 12.7. The van der Waals surface area contributed by atoms with Crippen LogP contribution < -0.4 is 29.7 Å². The van der Waals surface area contributed by atoms with Crippen molar-refractivity contribution in [3.8, 4) is 34.1 Å². The molecule has 2 aromatic carbocycles. The fourth-order valence-electron chi connectivity index (χ4n) is 3.86. The molecule has 0 radical (unpaired) electrons. The summed E-state index contributed by atoms with van der Waals surface area (Å²) in [7, 11) is 6.11. The summed E-state index contributed by atoms with van der Waals surface area (Å²) in [6.45, 7) is 1.48. The molecule has 1 atom stereocenters. The van der Waals surface area contributed by atoms with Crippen molar-refractivity contribution in [1.82, 2.24) is 5.32 Å². The lowest BCUT2D eigenvalue weighted by molar-refractivity contribution is -0.119. The van der Waals surface area contributed by atoms with E-state index in [1.807, 2.05) is 12.1 Å². The highest BCUT2D eigenvalue weighted by atomic mass is 16.5. The number of fused-ring (bicyclic) bond motifs is 3. The van der Waals surface area contributed by atoms with E-state index in [1.54, 1.807) is 20.3 Å². The Balaban J connectivity index is 2.42. The summed E-state index contributed by atoms with van der Waals surface area (Å²) in [6.07, 6.45) is 1.31. The number of aryl methyl sites for hydroxylation is 1. The quantitative estimate of drug-likeness (QED) is 0.833. The van der Waals surface area contributed by atoms with E-state index in [1.165, 1.54) is 27.2 Å². The topological polar surface area (TPSA) is 83.1 Å². The molecular formula is C22H25NO6. The number of hydrogen-bond acceptors (Lipinski definition) is 6. The third-order valence-corrected chi connectivity index (χ3v) is 5.10. The number of rotatable bonds is 5. The highest BCUT2D eigenvalue weighted by molar-refractivity contribution is 5.83. The molecule has 0 saturated heterocycles. The van der Waals surface area contributed by atoms with Gasteiger partial charge in [-0.3, -0.25) is 9.59 Å². The normalized spacial score (nSPS) is 14.7. The number of amides is 1. The largest absolute Gasteiger partial charge is 0.493 e. The lowest BCUT2D eigenvalue weighted by atomic mass is 9.95. The van der Waals surface area contributed by atoms with Crippen LogP contribution in [-0.4, -0.2) is 34.3 Å². The first kappa shape index (κ1) is 20.5. The minimum Gasteiger partial charge on any atom is -0.493 e. The van der Waals surface area contributed by atoms with Crippen LogP contribution in [0.2, 0.25) is 0 Å². The highest BCUT2D eigenvalue weighted by Gasteiger charge is 2.29. The van der Waals surface area contributed by atoms with Crippen LogP contribution in [0.25, 0.3) is 11.1 Å². The molecule has 7 nitrogen and oxygen atoms in total. The first-order valence-electron chi connectivity index (χ1n) is 9.26. The molecule has 0 aliphatic heterocycles. The molecule has 7 heteroatoms. The summed E-state index contributed by atoms with van der Waals surface area (Å²) < 4.78 is 22.0. The summed E-state index contributed by atoms with van der Waals surface area (Å²) in [5.41, 5.74) is 2.91. The zero-order valence-corrected chi connectivity index (χ0v) is 17.3. The Labute approximate surface area is 169 Å². The molecule has 0 saturated carbocycles. The van der Waals surface area contributed by atoms with Gasteiger partial charge in [0.25, 0.3) is 0 Å². The molecule has 29 heavy (non-hydrogen) atoms. The van der Waals surface area contributed by atoms with Crippen molar-refractivity contribution in [3.05, 3.63) is 45.6 Å². The smallest absolute Gasteiger partial charge is 0.220 e. The van der Waals surface area contributed by atoms with Crippen molar-refractivity contribution >= 4 is 5.91 Å². The average molecular weight is 399 g/mol. The molecule has 154 valence electrons. The number of carbonyl (C=O) groups is 1. The Morgan fingerprint density at radius 2 is 1.66 bits per heavy atom. The maximum Gasteiger partial charge on any atom is 0.220 e. The Kier molecular flexibility index (Phi) is 5.96. The third-order valence-electron chi connectivity index (χ3n) is 5.10. The first-order chi connectivity index (χ1) is 13.9. The molecule has 0 heterocycles. The van der Waals surface area contributed by atoms with Gasteiger partial charge < -0.3 is 24.3 Å². The van der Waals surface area contributed by atoms with Crippen LogP contribution in [0.1, 0.15) is 30.5 Å². The lowest BCUT2D eigenvalue weighted by Crippen LogP contribution is -2.26. The van der Waals surface area contributed by atoms with Gasteiger partial charge in [-0.05, 0) is 47.7 Å². The van der Waals surface area contributed by atoms with E-state index in [0.717, 1.165) is 16.7 Å². The predicted molar refractivity (Wildman–Crippen MR) is 109 cm³/mol. The summed E-state index contributed by atoms with van der Waals surface area (Å²) in [6, 6.07) is 6.61. The number of benzene rings is 1. The van der Waals surface area contributed by atoms with Crippen LogP contribution >= 0.6 is 0 Å². The summed E-state index contributed by atoms with van der Waals surface area (Å²) in [4.78, 5) is 24.6. The Morgan fingerprint density at radius 1 is 0.966 bits per heavy atom. The first-order valence-corrected chi connectivity index (χ1v) is 9.26. The van der Waals surface area contributed by atoms with Crippen molar-refractivity contribution in [2.45, 2.75) is 25.8 Å². The molecule has 1 N–H and O–H groups in total. The number of ether oxygens (including phenoxy) is 4. The molecule has 0 bridgehead atoms. The molecule has 0 unspecified atom stereocenters. The molecule has 3 rings (SSSR count). The van der Waals surface area contributed by atoms with Gasteiger partial charge in [0, 0.05) is 12.5 Å². The number of nitrogens with one attached hydrogen (secondary N) is 1. The second-order valence-electron chi connectivity index (χ2n) is 6.75. The molecular weight excluding hydrogens is 374 g/mol.